The number of benzene rings is 2. The Hall–Kier alpha value is -3.87. The third-order valence-electron chi connectivity index (χ3n) is 6.53. The first-order valence-corrected chi connectivity index (χ1v) is 12.1. The molecule has 0 atom stereocenters. The van der Waals surface area contributed by atoms with Gasteiger partial charge in [-0.15, -0.1) is 12.4 Å². The highest BCUT2D eigenvalue weighted by molar-refractivity contribution is 6.04. The van der Waals surface area contributed by atoms with Crippen molar-refractivity contribution in [3.63, 3.8) is 0 Å². The molecule has 3 heterocycles. The Morgan fingerprint density at radius 1 is 1.14 bits per heavy atom. The fourth-order valence-corrected chi connectivity index (χ4v) is 4.75. The van der Waals surface area contributed by atoms with Gasteiger partial charge in [-0.2, -0.15) is 10.4 Å². The molecule has 0 saturated carbocycles. The molecule has 4 aromatic rings. The number of halogens is 2. The lowest BCUT2D eigenvalue weighted by Gasteiger charge is -2.26. The topological polar surface area (TPSA) is 124 Å². The van der Waals surface area contributed by atoms with E-state index in [0.29, 0.717) is 23.1 Å². The van der Waals surface area contributed by atoms with Crippen molar-refractivity contribution in [2.45, 2.75) is 25.7 Å². The van der Waals surface area contributed by atoms with Crippen molar-refractivity contribution >= 4 is 29.3 Å². The molecule has 1 fully saturated rings. The molecule has 4 N–H and O–H groups in total. The van der Waals surface area contributed by atoms with E-state index < -0.39 is 5.82 Å². The van der Waals surface area contributed by atoms with E-state index >= 15 is 0 Å². The maximum absolute atomic E-state index is 14.7. The number of phenolic OH excluding ortho intramolecular Hbond substituents is 1. The van der Waals surface area contributed by atoms with Crippen LogP contribution in [0.1, 0.15) is 31.2 Å². The number of phenols is 1. The first-order valence-electron chi connectivity index (χ1n) is 12.1. The molecule has 0 aliphatic carbocycles. The van der Waals surface area contributed by atoms with E-state index in [0.717, 1.165) is 24.8 Å². The van der Waals surface area contributed by atoms with Gasteiger partial charge in [0, 0.05) is 23.7 Å². The van der Waals surface area contributed by atoms with Crippen molar-refractivity contribution in [1.29, 1.82) is 5.26 Å². The Kier molecular flexibility index (Phi) is 8.11. The molecule has 2 aromatic carbocycles. The zero-order chi connectivity index (χ0) is 25.1. The van der Waals surface area contributed by atoms with Gasteiger partial charge < -0.3 is 20.5 Å². The van der Waals surface area contributed by atoms with Crippen molar-refractivity contribution < 1.29 is 14.2 Å². The van der Waals surface area contributed by atoms with E-state index in [9.17, 15) is 14.8 Å². The summed E-state index contributed by atoms with van der Waals surface area (Å²) < 4.78 is 20.7. The number of ether oxygens (including phenoxy) is 1. The summed E-state index contributed by atoms with van der Waals surface area (Å²) in [7, 11) is 0. The second-order valence-corrected chi connectivity index (χ2v) is 8.95. The number of piperidine rings is 1. The van der Waals surface area contributed by atoms with Crippen LogP contribution in [0.3, 0.4) is 0 Å². The van der Waals surface area contributed by atoms with Gasteiger partial charge in [-0.1, -0.05) is 18.6 Å². The number of fused-ring (bicyclic) bond motifs is 1. The number of anilines is 1. The van der Waals surface area contributed by atoms with Crippen LogP contribution in [-0.4, -0.2) is 51.4 Å². The SMILES string of the molecule is Cl.N#Cc1c(-c2ccc(O)cc2F)nc2n[nH]c(N)c2c1-c1ccc(OCCCN2CCCCC2)cc1. The van der Waals surface area contributed by atoms with Gasteiger partial charge in [0.1, 0.15) is 29.2 Å². The molecule has 0 bridgehead atoms. The molecular formula is C27H28ClFN6O2. The van der Waals surface area contributed by atoms with Crippen LogP contribution in [0.15, 0.2) is 42.5 Å². The minimum absolute atomic E-state index is 0. The second kappa shape index (κ2) is 11.5. The Balaban J connectivity index is 0.00000320. The van der Waals surface area contributed by atoms with Crippen molar-refractivity contribution in [3.8, 4) is 40.0 Å². The van der Waals surface area contributed by atoms with E-state index in [1.165, 1.54) is 44.5 Å². The van der Waals surface area contributed by atoms with Crippen LogP contribution < -0.4 is 10.5 Å². The molecule has 2 aromatic heterocycles. The summed E-state index contributed by atoms with van der Waals surface area (Å²) in [6, 6.07) is 13.3. The summed E-state index contributed by atoms with van der Waals surface area (Å²) in [6.07, 6.45) is 4.83. The molecule has 37 heavy (non-hydrogen) atoms. The molecule has 0 spiro atoms. The number of likely N-dealkylation sites (tertiary alicyclic amines) is 1. The summed E-state index contributed by atoms with van der Waals surface area (Å²) in [4.78, 5) is 6.91. The molecule has 0 amide bonds. The predicted octanol–water partition coefficient (Wildman–Crippen LogP) is 5.27. The highest BCUT2D eigenvalue weighted by atomic mass is 35.5. The third-order valence-corrected chi connectivity index (χ3v) is 6.53. The van der Waals surface area contributed by atoms with Gasteiger partial charge in [0.2, 0.25) is 0 Å². The zero-order valence-corrected chi connectivity index (χ0v) is 21.0. The highest BCUT2D eigenvalue weighted by Gasteiger charge is 2.23. The summed E-state index contributed by atoms with van der Waals surface area (Å²) in [5, 5.41) is 27.1. The van der Waals surface area contributed by atoms with Crippen LogP contribution in [0.4, 0.5) is 10.2 Å². The summed E-state index contributed by atoms with van der Waals surface area (Å²) in [5.74, 6) is 0.0821. The summed E-state index contributed by atoms with van der Waals surface area (Å²) >= 11 is 0. The number of nitriles is 1. The van der Waals surface area contributed by atoms with E-state index in [1.54, 1.807) is 0 Å². The average molecular weight is 523 g/mol. The molecule has 1 aliphatic heterocycles. The molecule has 192 valence electrons. The molecule has 1 saturated heterocycles. The van der Waals surface area contributed by atoms with Gasteiger partial charge in [0.15, 0.2) is 5.65 Å². The van der Waals surface area contributed by atoms with Gasteiger partial charge in [0.25, 0.3) is 0 Å². The zero-order valence-electron chi connectivity index (χ0n) is 20.2. The minimum atomic E-state index is -0.693. The number of pyridine rings is 1. The maximum Gasteiger partial charge on any atom is 0.184 e. The van der Waals surface area contributed by atoms with Crippen LogP contribution in [-0.2, 0) is 0 Å². The fraction of sp³-hybridized carbons (Fsp3) is 0.296. The molecule has 1 aliphatic rings. The molecule has 0 unspecified atom stereocenters. The minimum Gasteiger partial charge on any atom is -0.508 e. The van der Waals surface area contributed by atoms with E-state index in [1.807, 2.05) is 24.3 Å². The number of nitrogen functional groups attached to an aromatic ring is 1. The number of rotatable bonds is 7. The maximum atomic E-state index is 14.7. The lowest BCUT2D eigenvalue weighted by molar-refractivity contribution is 0.205. The lowest BCUT2D eigenvalue weighted by Crippen LogP contribution is -2.31. The number of aromatic amines is 1. The van der Waals surface area contributed by atoms with Crippen molar-refractivity contribution in [1.82, 2.24) is 20.1 Å². The second-order valence-electron chi connectivity index (χ2n) is 8.95. The Morgan fingerprint density at radius 2 is 1.89 bits per heavy atom. The van der Waals surface area contributed by atoms with Crippen LogP contribution in [0.5, 0.6) is 11.5 Å². The lowest BCUT2D eigenvalue weighted by atomic mass is 9.93. The van der Waals surface area contributed by atoms with E-state index in [-0.39, 0.29) is 46.4 Å². The molecule has 10 heteroatoms. The number of nitrogens with two attached hydrogens (primary N) is 1. The summed E-state index contributed by atoms with van der Waals surface area (Å²) in [6.45, 7) is 4.00. The van der Waals surface area contributed by atoms with Crippen molar-refractivity contribution in [3.05, 3.63) is 53.8 Å². The Bertz CT molecular complexity index is 1430. The molecule has 5 rings (SSSR count). The number of nitrogens with one attached hydrogen (secondary N) is 1. The van der Waals surface area contributed by atoms with Crippen LogP contribution in [0.2, 0.25) is 0 Å². The number of aromatic hydroxyl groups is 1. The number of hydrogen-bond donors (Lipinski definition) is 3. The third kappa shape index (κ3) is 5.45. The van der Waals surface area contributed by atoms with Gasteiger partial charge in [-0.3, -0.25) is 5.10 Å². The highest BCUT2D eigenvalue weighted by Crippen LogP contribution is 2.39. The number of nitrogens with zero attached hydrogens (tertiary/aromatic N) is 4. The Morgan fingerprint density at radius 3 is 2.59 bits per heavy atom. The monoisotopic (exact) mass is 522 g/mol. The number of aromatic nitrogens is 3. The largest absolute Gasteiger partial charge is 0.508 e. The average Bonchev–Trinajstić information content (AvgIpc) is 3.27. The molecule has 0 radical (unpaired) electrons. The fourth-order valence-electron chi connectivity index (χ4n) is 4.75. The summed E-state index contributed by atoms with van der Waals surface area (Å²) in [5.41, 5.74) is 8.00. The van der Waals surface area contributed by atoms with Gasteiger partial charge in [-0.25, -0.2) is 9.37 Å². The van der Waals surface area contributed by atoms with Gasteiger partial charge >= 0.3 is 0 Å². The van der Waals surface area contributed by atoms with E-state index in [4.69, 9.17) is 10.5 Å². The quantitative estimate of drug-likeness (QED) is 0.282. The normalized spacial score (nSPS) is 13.7. The number of hydrogen-bond acceptors (Lipinski definition) is 7. The van der Waals surface area contributed by atoms with Crippen molar-refractivity contribution in [2.24, 2.45) is 0 Å². The van der Waals surface area contributed by atoms with Gasteiger partial charge in [-0.05, 0) is 62.2 Å². The van der Waals surface area contributed by atoms with Crippen LogP contribution in [0.25, 0.3) is 33.4 Å². The first-order chi connectivity index (χ1) is 17.5. The number of H-pyrrole nitrogens is 1. The van der Waals surface area contributed by atoms with Crippen LogP contribution >= 0.6 is 12.4 Å². The standard InChI is InChI=1S/C27H27FN6O2.ClH/c28-22-15-18(35)7-10-20(22)25-21(16-29)23(24-26(30)32-33-27(24)31-25)17-5-8-19(9-6-17)36-14-4-13-34-11-2-1-3-12-34;/h5-10,15,35H,1-4,11-14H2,(H3,30,31,32,33);1H. The van der Waals surface area contributed by atoms with Crippen molar-refractivity contribution in [2.75, 3.05) is 32.0 Å². The van der Waals surface area contributed by atoms with Crippen LogP contribution in [0, 0.1) is 17.1 Å². The van der Waals surface area contributed by atoms with Gasteiger partial charge in [0.05, 0.1) is 23.3 Å². The first kappa shape index (κ1) is 26.2. The Labute approximate surface area is 220 Å². The molecule has 8 nitrogen and oxygen atoms in total. The predicted molar refractivity (Wildman–Crippen MR) is 143 cm³/mol. The smallest absolute Gasteiger partial charge is 0.184 e. The van der Waals surface area contributed by atoms with E-state index in [2.05, 4.69) is 26.2 Å². The molecular weight excluding hydrogens is 495 g/mol.